The van der Waals surface area contributed by atoms with Gasteiger partial charge in [-0.05, 0) is 29.8 Å². The van der Waals surface area contributed by atoms with Crippen molar-refractivity contribution in [3.05, 3.63) is 63.5 Å². The van der Waals surface area contributed by atoms with Crippen molar-refractivity contribution in [3.63, 3.8) is 0 Å². The van der Waals surface area contributed by atoms with E-state index in [0.29, 0.717) is 30.8 Å². The second-order valence-electron chi connectivity index (χ2n) is 6.13. The zero-order valence-electron chi connectivity index (χ0n) is 14.9. The Kier molecular flexibility index (Phi) is 6.86. The molecular formula is C18H17Cl2FN4O4. The largest absolute Gasteiger partial charge is 0.469 e. The lowest BCUT2D eigenvalue weighted by Crippen LogP contribution is -2.34. The van der Waals surface area contributed by atoms with Crippen molar-refractivity contribution in [1.29, 1.82) is 0 Å². The number of hydrogen-bond acceptors (Lipinski definition) is 7. The first kappa shape index (κ1) is 21.3. The second kappa shape index (κ2) is 9.36. The number of rotatable bonds is 4. The molecule has 2 N–H and O–H groups in total. The summed E-state index contributed by atoms with van der Waals surface area (Å²) in [6, 6.07) is 7.90. The molecule has 3 heterocycles. The van der Waals surface area contributed by atoms with Crippen LogP contribution in [-0.2, 0) is 4.74 Å². The molecule has 1 aliphatic heterocycles. The number of ether oxygens (including phenoxy) is 2. The van der Waals surface area contributed by atoms with Crippen LogP contribution in [0.1, 0.15) is 11.7 Å². The van der Waals surface area contributed by atoms with E-state index in [4.69, 9.17) is 21.1 Å². The van der Waals surface area contributed by atoms with Crippen molar-refractivity contribution >= 4 is 24.0 Å². The van der Waals surface area contributed by atoms with Crippen LogP contribution in [0, 0.1) is 5.82 Å². The predicted molar refractivity (Wildman–Crippen MR) is 105 cm³/mol. The fourth-order valence-corrected chi connectivity index (χ4v) is 3.09. The molecule has 0 radical (unpaired) electrons. The van der Waals surface area contributed by atoms with E-state index in [-0.39, 0.29) is 29.1 Å². The number of benzene rings is 1. The standard InChI is InChI=1S/C18H16ClFN4O4.ClH/c19-12-4-3-10(8-13(12)20)15-14(9-21-6-7-26-15)27-17-11(2-1-5-22-17)16-23-18(25)28-24-16;/h1-5,8,14-15,21H,6-7,9H2,(H,23,24,25);1H/t14-,15+;/m1./s1. The summed E-state index contributed by atoms with van der Waals surface area (Å²) in [7, 11) is 0. The number of nitrogens with one attached hydrogen (secondary N) is 2. The van der Waals surface area contributed by atoms with Crippen LogP contribution >= 0.6 is 24.0 Å². The molecule has 1 aliphatic rings. The molecule has 1 saturated heterocycles. The van der Waals surface area contributed by atoms with E-state index in [2.05, 4.69) is 25.0 Å². The number of pyridine rings is 1. The van der Waals surface area contributed by atoms with Crippen molar-refractivity contribution in [2.24, 2.45) is 0 Å². The summed E-state index contributed by atoms with van der Waals surface area (Å²) in [5, 5.41) is 6.94. The van der Waals surface area contributed by atoms with Crippen molar-refractivity contribution in [2.45, 2.75) is 12.2 Å². The summed E-state index contributed by atoms with van der Waals surface area (Å²) in [5.74, 6) is -0.773. The van der Waals surface area contributed by atoms with Gasteiger partial charge in [-0.1, -0.05) is 22.8 Å². The number of aromatic amines is 1. The third-order valence-corrected chi connectivity index (χ3v) is 4.57. The van der Waals surface area contributed by atoms with Crippen LogP contribution in [0.4, 0.5) is 4.39 Å². The molecule has 0 spiro atoms. The lowest BCUT2D eigenvalue weighted by Gasteiger charge is -2.26. The first-order valence-corrected chi connectivity index (χ1v) is 8.95. The Morgan fingerprint density at radius 1 is 1.31 bits per heavy atom. The molecule has 1 aromatic carbocycles. The maximum Gasteiger partial charge on any atom is 0.439 e. The lowest BCUT2D eigenvalue weighted by molar-refractivity contribution is -0.00996. The molecule has 1 fully saturated rings. The minimum atomic E-state index is -0.682. The third kappa shape index (κ3) is 4.76. The van der Waals surface area contributed by atoms with Crippen LogP contribution in [0.2, 0.25) is 5.02 Å². The van der Waals surface area contributed by atoms with E-state index >= 15 is 0 Å². The fourth-order valence-electron chi connectivity index (χ4n) is 2.97. The van der Waals surface area contributed by atoms with E-state index in [9.17, 15) is 9.18 Å². The van der Waals surface area contributed by atoms with Gasteiger partial charge in [0.25, 0.3) is 0 Å². The zero-order valence-corrected chi connectivity index (χ0v) is 16.5. The first-order valence-electron chi connectivity index (χ1n) is 8.57. The number of nitrogens with zero attached hydrogens (tertiary/aromatic N) is 2. The van der Waals surface area contributed by atoms with E-state index in [0.717, 1.165) is 0 Å². The number of aromatic nitrogens is 3. The van der Waals surface area contributed by atoms with Gasteiger partial charge in [-0.3, -0.25) is 9.51 Å². The SMILES string of the molecule is Cl.O=c1[nH]c(-c2cccnc2O[C@@H]2CNCCO[C@H]2c2ccc(Cl)c(F)c2)no1. The van der Waals surface area contributed by atoms with Crippen LogP contribution in [-0.4, -0.2) is 40.9 Å². The highest BCUT2D eigenvalue weighted by atomic mass is 35.5. The fraction of sp³-hybridized carbons (Fsp3) is 0.278. The maximum absolute atomic E-state index is 14.0. The van der Waals surface area contributed by atoms with Crippen molar-refractivity contribution in [3.8, 4) is 17.3 Å². The summed E-state index contributed by atoms with van der Waals surface area (Å²) in [6.07, 6.45) is 0.488. The van der Waals surface area contributed by atoms with Gasteiger partial charge in [0.1, 0.15) is 18.0 Å². The summed E-state index contributed by atoms with van der Waals surface area (Å²) in [4.78, 5) is 18.0. The van der Waals surface area contributed by atoms with Gasteiger partial charge in [-0.15, -0.1) is 12.4 Å². The summed E-state index contributed by atoms with van der Waals surface area (Å²) >= 11 is 5.79. The Labute approximate surface area is 175 Å². The van der Waals surface area contributed by atoms with Crippen LogP contribution in [0.3, 0.4) is 0 Å². The van der Waals surface area contributed by atoms with Crippen LogP contribution in [0.5, 0.6) is 5.88 Å². The molecule has 11 heteroatoms. The average molecular weight is 443 g/mol. The molecule has 0 bridgehead atoms. The minimum Gasteiger partial charge on any atom is -0.469 e. The molecule has 0 aliphatic carbocycles. The van der Waals surface area contributed by atoms with Crippen LogP contribution in [0.25, 0.3) is 11.4 Å². The topological polar surface area (TPSA) is 102 Å². The summed E-state index contributed by atoms with van der Waals surface area (Å²) in [5.41, 5.74) is 1.06. The number of halogens is 3. The third-order valence-electron chi connectivity index (χ3n) is 4.26. The highest BCUT2D eigenvalue weighted by Gasteiger charge is 2.30. The molecule has 2 atom stereocenters. The molecular weight excluding hydrogens is 426 g/mol. The molecule has 0 amide bonds. The normalized spacial score (nSPS) is 19.2. The minimum absolute atomic E-state index is 0. The highest BCUT2D eigenvalue weighted by molar-refractivity contribution is 6.30. The van der Waals surface area contributed by atoms with Gasteiger partial charge in [-0.25, -0.2) is 14.2 Å². The zero-order chi connectivity index (χ0) is 19.5. The van der Waals surface area contributed by atoms with Gasteiger partial charge in [-0.2, -0.15) is 0 Å². The predicted octanol–water partition coefficient (Wildman–Crippen LogP) is 2.75. The van der Waals surface area contributed by atoms with Crippen LogP contribution in [0.15, 0.2) is 45.8 Å². The lowest BCUT2D eigenvalue weighted by atomic mass is 10.0. The number of H-pyrrole nitrogens is 1. The molecule has 154 valence electrons. The van der Waals surface area contributed by atoms with Gasteiger partial charge >= 0.3 is 5.76 Å². The Bertz CT molecular complexity index is 1030. The summed E-state index contributed by atoms with van der Waals surface area (Å²) in [6.45, 7) is 1.50. The van der Waals surface area contributed by atoms with Crippen LogP contribution < -0.4 is 15.8 Å². The van der Waals surface area contributed by atoms with Gasteiger partial charge in [0.05, 0.1) is 17.2 Å². The van der Waals surface area contributed by atoms with Gasteiger partial charge in [0, 0.05) is 19.3 Å². The van der Waals surface area contributed by atoms with E-state index in [1.807, 2.05) is 0 Å². The van der Waals surface area contributed by atoms with E-state index in [1.54, 1.807) is 24.4 Å². The van der Waals surface area contributed by atoms with Crippen molar-refractivity contribution in [2.75, 3.05) is 19.7 Å². The molecule has 8 nitrogen and oxygen atoms in total. The first-order chi connectivity index (χ1) is 13.6. The maximum atomic E-state index is 14.0. The average Bonchev–Trinajstić information content (AvgIpc) is 2.99. The molecule has 2 aromatic heterocycles. The second-order valence-corrected chi connectivity index (χ2v) is 6.53. The molecule has 4 rings (SSSR count). The Balaban J connectivity index is 0.00000240. The molecule has 0 saturated carbocycles. The molecule has 3 aromatic rings. The van der Waals surface area contributed by atoms with Gasteiger partial charge in [0.2, 0.25) is 5.88 Å². The van der Waals surface area contributed by atoms with E-state index < -0.39 is 23.8 Å². The monoisotopic (exact) mass is 442 g/mol. The molecule has 0 unspecified atom stereocenters. The molecule has 29 heavy (non-hydrogen) atoms. The number of hydrogen-bond donors (Lipinski definition) is 2. The van der Waals surface area contributed by atoms with Gasteiger partial charge < -0.3 is 14.8 Å². The highest BCUT2D eigenvalue weighted by Crippen LogP contribution is 2.31. The smallest absolute Gasteiger partial charge is 0.439 e. The van der Waals surface area contributed by atoms with Gasteiger partial charge in [0.15, 0.2) is 5.82 Å². The van der Waals surface area contributed by atoms with Crippen molar-refractivity contribution < 1.29 is 18.4 Å². The summed E-state index contributed by atoms with van der Waals surface area (Å²) < 4.78 is 30.5. The Morgan fingerprint density at radius 3 is 2.93 bits per heavy atom. The Hall–Kier alpha value is -2.46. The van der Waals surface area contributed by atoms with Crippen molar-refractivity contribution in [1.82, 2.24) is 20.4 Å². The Morgan fingerprint density at radius 2 is 2.17 bits per heavy atom. The quantitative estimate of drug-likeness (QED) is 0.640. The van der Waals surface area contributed by atoms with E-state index in [1.165, 1.54) is 12.1 Å².